The Balaban J connectivity index is 1.05. The van der Waals surface area contributed by atoms with Crippen LogP contribution in [0.2, 0.25) is 0 Å². The molecule has 0 unspecified atom stereocenters. The first kappa shape index (κ1) is 32.4. The van der Waals surface area contributed by atoms with Gasteiger partial charge in [0, 0.05) is 16.7 Å². The molecule has 54 heavy (non-hydrogen) atoms. The van der Waals surface area contributed by atoms with Crippen molar-refractivity contribution in [3.05, 3.63) is 200 Å². The second-order valence-electron chi connectivity index (χ2n) is 13.2. The number of fused-ring (bicyclic) bond motifs is 1. The maximum atomic E-state index is 9.17. The SMILES string of the molecule is N#Cc1ccc(-c2ccc(-c3ccc(-c4ccc(-c5nc(-c6ccccc6)nc(-c6ccc(-c7ccccc7)cc6)n5)cc4)c4ccccc34)cc2)cc1. The van der Waals surface area contributed by atoms with E-state index in [9.17, 15) is 0 Å². The zero-order chi connectivity index (χ0) is 36.3. The van der Waals surface area contributed by atoms with Crippen molar-refractivity contribution in [2.24, 2.45) is 0 Å². The first-order valence-electron chi connectivity index (χ1n) is 17.9. The van der Waals surface area contributed by atoms with Gasteiger partial charge in [-0.15, -0.1) is 0 Å². The Morgan fingerprint density at radius 1 is 0.278 bits per heavy atom. The molecule has 9 rings (SSSR count). The van der Waals surface area contributed by atoms with Crippen molar-refractivity contribution in [2.75, 3.05) is 0 Å². The smallest absolute Gasteiger partial charge is 0.164 e. The lowest BCUT2D eigenvalue weighted by Crippen LogP contribution is -2.00. The Bertz CT molecular complexity index is 2770. The van der Waals surface area contributed by atoms with Crippen molar-refractivity contribution in [3.8, 4) is 84.7 Å². The Morgan fingerprint density at radius 3 is 0.981 bits per heavy atom. The fraction of sp³-hybridized carbons (Fsp3) is 0. The molecule has 8 aromatic carbocycles. The maximum absolute atomic E-state index is 9.17. The topological polar surface area (TPSA) is 62.5 Å². The summed E-state index contributed by atoms with van der Waals surface area (Å²) in [6.45, 7) is 0. The monoisotopic (exact) mass is 688 g/mol. The summed E-state index contributed by atoms with van der Waals surface area (Å²) in [5.74, 6) is 1.90. The third-order valence-corrected chi connectivity index (χ3v) is 9.84. The van der Waals surface area contributed by atoms with Crippen molar-refractivity contribution >= 4 is 10.8 Å². The lowest BCUT2D eigenvalue weighted by molar-refractivity contribution is 1.07. The minimum Gasteiger partial charge on any atom is -0.208 e. The average Bonchev–Trinajstić information content (AvgIpc) is 3.27. The highest BCUT2D eigenvalue weighted by atomic mass is 15.0. The molecule has 0 aliphatic heterocycles. The summed E-state index contributed by atoms with van der Waals surface area (Å²) in [6.07, 6.45) is 0. The van der Waals surface area contributed by atoms with E-state index in [1.165, 1.54) is 21.9 Å². The fourth-order valence-electron chi connectivity index (χ4n) is 6.97. The van der Waals surface area contributed by atoms with Gasteiger partial charge in [0.1, 0.15) is 0 Å². The minimum atomic E-state index is 0.627. The van der Waals surface area contributed by atoms with Gasteiger partial charge in [0.15, 0.2) is 17.5 Å². The van der Waals surface area contributed by atoms with Gasteiger partial charge in [-0.2, -0.15) is 5.26 Å². The maximum Gasteiger partial charge on any atom is 0.164 e. The molecule has 0 radical (unpaired) electrons. The third kappa shape index (κ3) is 6.43. The molecule has 1 heterocycles. The van der Waals surface area contributed by atoms with Gasteiger partial charge >= 0.3 is 0 Å². The fourth-order valence-corrected chi connectivity index (χ4v) is 6.97. The first-order valence-corrected chi connectivity index (χ1v) is 17.9. The van der Waals surface area contributed by atoms with E-state index in [4.69, 9.17) is 20.2 Å². The van der Waals surface area contributed by atoms with Crippen molar-refractivity contribution < 1.29 is 0 Å². The highest BCUT2D eigenvalue weighted by Gasteiger charge is 2.14. The number of nitrogens with zero attached hydrogens (tertiary/aromatic N) is 4. The summed E-state index contributed by atoms with van der Waals surface area (Å²) in [5.41, 5.74) is 12.6. The van der Waals surface area contributed by atoms with Gasteiger partial charge < -0.3 is 0 Å². The molecule has 0 spiro atoms. The molecule has 0 bridgehead atoms. The van der Waals surface area contributed by atoms with E-state index in [0.717, 1.165) is 50.1 Å². The van der Waals surface area contributed by atoms with E-state index < -0.39 is 0 Å². The first-order chi connectivity index (χ1) is 26.7. The Labute approximate surface area is 314 Å². The van der Waals surface area contributed by atoms with Gasteiger partial charge in [0.25, 0.3) is 0 Å². The summed E-state index contributed by atoms with van der Waals surface area (Å²) < 4.78 is 0. The number of hydrogen-bond donors (Lipinski definition) is 0. The van der Waals surface area contributed by atoms with Gasteiger partial charge in [-0.1, -0.05) is 182 Å². The summed E-state index contributed by atoms with van der Waals surface area (Å²) in [6, 6.07) is 68.9. The minimum absolute atomic E-state index is 0.627. The van der Waals surface area contributed by atoms with E-state index in [0.29, 0.717) is 23.0 Å². The van der Waals surface area contributed by atoms with Crippen LogP contribution in [-0.2, 0) is 0 Å². The molecule has 0 atom stereocenters. The average molecular weight is 689 g/mol. The molecule has 0 amide bonds. The van der Waals surface area contributed by atoms with E-state index in [2.05, 4.69) is 140 Å². The second kappa shape index (κ2) is 14.3. The van der Waals surface area contributed by atoms with Crippen LogP contribution in [0.1, 0.15) is 5.56 Å². The van der Waals surface area contributed by atoms with Crippen LogP contribution in [0.15, 0.2) is 194 Å². The zero-order valence-corrected chi connectivity index (χ0v) is 29.3. The van der Waals surface area contributed by atoms with Gasteiger partial charge in [-0.3, -0.25) is 0 Å². The highest BCUT2D eigenvalue weighted by molar-refractivity contribution is 6.05. The van der Waals surface area contributed by atoms with E-state index >= 15 is 0 Å². The molecule has 0 N–H and O–H groups in total. The van der Waals surface area contributed by atoms with Crippen LogP contribution in [-0.4, -0.2) is 15.0 Å². The van der Waals surface area contributed by atoms with E-state index in [-0.39, 0.29) is 0 Å². The number of aromatic nitrogens is 3. The number of benzene rings is 8. The van der Waals surface area contributed by atoms with Crippen LogP contribution < -0.4 is 0 Å². The van der Waals surface area contributed by atoms with Gasteiger partial charge in [-0.25, -0.2) is 15.0 Å². The molecular weight excluding hydrogens is 657 g/mol. The van der Waals surface area contributed by atoms with Crippen LogP contribution in [0.4, 0.5) is 0 Å². The van der Waals surface area contributed by atoms with Crippen LogP contribution in [0.5, 0.6) is 0 Å². The highest BCUT2D eigenvalue weighted by Crippen LogP contribution is 2.37. The Morgan fingerprint density at radius 2 is 0.574 bits per heavy atom. The Hall–Kier alpha value is -7.48. The molecule has 0 fully saturated rings. The van der Waals surface area contributed by atoms with Crippen molar-refractivity contribution in [1.29, 1.82) is 5.26 Å². The summed E-state index contributed by atoms with van der Waals surface area (Å²) in [5, 5.41) is 11.5. The van der Waals surface area contributed by atoms with E-state index in [1.807, 2.05) is 60.7 Å². The van der Waals surface area contributed by atoms with Crippen LogP contribution in [0, 0.1) is 11.3 Å². The molecule has 252 valence electrons. The molecule has 1 aromatic heterocycles. The van der Waals surface area contributed by atoms with Gasteiger partial charge in [-0.05, 0) is 67.4 Å². The zero-order valence-electron chi connectivity index (χ0n) is 29.3. The molecule has 4 nitrogen and oxygen atoms in total. The summed E-state index contributed by atoms with van der Waals surface area (Å²) in [4.78, 5) is 14.9. The molecule has 4 heteroatoms. The molecule has 0 aliphatic carbocycles. The van der Waals surface area contributed by atoms with Crippen molar-refractivity contribution in [1.82, 2.24) is 15.0 Å². The quantitative estimate of drug-likeness (QED) is 0.167. The lowest BCUT2D eigenvalue weighted by atomic mass is 9.91. The number of hydrogen-bond acceptors (Lipinski definition) is 4. The number of nitriles is 1. The standard InChI is InChI=1S/C50H32N4/c51-33-34-15-17-36(18-16-34)38-19-23-39(24-20-38)44-31-32-45(47-14-8-7-13-46(44)47)40-25-29-43(30-26-40)50-53-48(41-11-5-2-6-12-41)52-49(54-50)42-27-21-37(22-28-42)35-9-3-1-4-10-35/h1-32H. The molecule has 0 saturated carbocycles. The van der Waals surface area contributed by atoms with Crippen LogP contribution >= 0.6 is 0 Å². The van der Waals surface area contributed by atoms with Crippen molar-refractivity contribution in [3.63, 3.8) is 0 Å². The Kier molecular flexibility index (Phi) is 8.57. The largest absolute Gasteiger partial charge is 0.208 e. The number of rotatable bonds is 7. The van der Waals surface area contributed by atoms with Gasteiger partial charge in [0.2, 0.25) is 0 Å². The second-order valence-corrected chi connectivity index (χ2v) is 13.2. The summed E-state index contributed by atoms with van der Waals surface area (Å²) >= 11 is 0. The van der Waals surface area contributed by atoms with Crippen LogP contribution in [0.25, 0.3) is 89.4 Å². The molecular formula is C50H32N4. The molecule has 0 saturated heterocycles. The summed E-state index contributed by atoms with van der Waals surface area (Å²) in [7, 11) is 0. The molecule has 9 aromatic rings. The van der Waals surface area contributed by atoms with E-state index in [1.54, 1.807) is 0 Å². The van der Waals surface area contributed by atoms with Gasteiger partial charge in [0.05, 0.1) is 11.6 Å². The van der Waals surface area contributed by atoms with Crippen LogP contribution in [0.3, 0.4) is 0 Å². The molecule has 0 aliphatic rings. The predicted octanol–water partition coefficient (Wildman–Crippen LogP) is 12.6. The lowest BCUT2D eigenvalue weighted by Gasteiger charge is -2.13. The predicted molar refractivity (Wildman–Crippen MR) is 220 cm³/mol. The normalized spacial score (nSPS) is 10.9. The third-order valence-electron chi connectivity index (χ3n) is 9.84. The van der Waals surface area contributed by atoms with Crippen molar-refractivity contribution in [2.45, 2.75) is 0 Å².